The summed E-state index contributed by atoms with van der Waals surface area (Å²) in [5.41, 5.74) is 7.68. The second-order valence-corrected chi connectivity index (χ2v) is 9.52. The zero-order chi connectivity index (χ0) is 30.7. The predicted octanol–water partition coefficient (Wildman–Crippen LogP) is 4.91. The van der Waals surface area contributed by atoms with Crippen LogP contribution in [0.4, 0.5) is 33.6 Å². The number of amides is 1. The molecule has 0 unspecified atom stereocenters. The lowest BCUT2D eigenvalue weighted by Gasteiger charge is -2.15. The van der Waals surface area contributed by atoms with Crippen molar-refractivity contribution in [2.45, 2.75) is 25.8 Å². The van der Waals surface area contributed by atoms with Gasteiger partial charge in [-0.3, -0.25) is 4.79 Å². The highest BCUT2D eigenvalue weighted by atomic mass is 19.4. The number of nitrogens with two attached hydrogens (primary N) is 1. The average Bonchev–Trinajstić information content (AvgIpc) is 3.36. The molecule has 0 radical (unpaired) electrons. The van der Waals surface area contributed by atoms with Crippen LogP contribution in [0.2, 0.25) is 0 Å². The summed E-state index contributed by atoms with van der Waals surface area (Å²) in [6.45, 7) is 0.0728. The van der Waals surface area contributed by atoms with Gasteiger partial charge in [0.05, 0.1) is 23.1 Å². The summed E-state index contributed by atoms with van der Waals surface area (Å²) in [6.07, 6.45) is -0.968. The molecule has 0 spiro atoms. The van der Waals surface area contributed by atoms with Crippen LogP contribution in [0.5, 0.6) is 0 Å². The predicted molar refractivity (Wildman–Crippen MR) is 149 cm³/mol. The Bertz CT molecular complexity index is 1790. The molecule has 0 saturated carbocycles. The Hall–Kier alpha value is -5.11. The third-order valence-corrected chi connectivity index (χ3v) is 6.65. The summed E-state index contributed by atoms with van der Waals surface area (Å²) in [5, 5.41) is 15.4. The van der Waals surface area contributed by atoms with Gasteiger partial charge in [0.2, 0.25) is 0 Å². The number of hydrogen-bond donors (Lipinski definition) is 4. The molecule has 0 fully saturated rings. The van der Waals surface area contributed by atoms with Gasteiger partial charge in [0, 0.05) is 37.6 Å². The lowest BCUT2D eigenvalue weighted by atomic mass is 10.0. The topological polar surface area (TPSA) is 131 Å². The third-order valence-electron chi connectivity index (χ3n) is 6.65. The highest BCUT2D eigenvalue weighted by Crippen LogP contribution is 2.33. The molecule has 0 bridgehead atoms. The van der Waals surface area contributed by atoms with E-state index in [4.69, 9.17) is 5.73 Å². The van der Waals surface area contributed by atoms with Gasteiger partial charge in [-0.1, -0.05) is 30.3 Å². The smallest absolute Gasteiger partial charge is 0.395 e. The Labute approximate surface area is 241 Å². The quantitative estimate of drug-likeness (QED) is 0.178. The largest absolute Gasteiger partial charge is 0.417 e. The van der Waals surface area contributed by atoms with E-state index in [0.717, 1.165) is 28.8 Å². The van der Waals surface area contributed by atoms with E-state index in [1.54, 1.807) is 16.7 Å². The first-order chi connectivity index (χ1) is 20.5. The Kier molecular flexibility index (Phi) is 8.21. The summed E-state index contributed by atoms with van der Waals surface area (Å²) < 4.78 is 68.7. The highest BCUT2D eigenvalue weighted by molar-refractivity contribution is 6.01. The molecule has 5 N–H and O–H groups in total. The van der Waals surface area contributed by atoms with E-state index in [0.29, 0.717) is 29.8 Å². The van der Waals surface area contributed by atoms with E-state index >= 15 is 0 Å². The van der Waals surface area contributed by atoms with Crippen LogP contribution >= 0.6 is 0 Å². The number of halogens is 5. The van der Waals surface area contributed by atoms with Crippen molar-refractivity contribution < 1.29 is 31.9 Å². The van der Waals surface area contributed by atoms with E-state index in [1.807, 2.05) is 18.3 Å². The van der Waals surface area contributed by atoms with Crippen molar-refractivity contribution in [3.63, 3.8) is 0 Å². The van der Waals surface area contributed by atoms with Gasteiger partial charge in [0.15, 0.2) is 11.6 Å². The molecular formula is C29H24F5N7O2. The normalized spacial score (nSPS) is 11.6. The molecule has 222 valence electrons. The number of alkyl halides is 3. The number of aromatic nitrogens is 4. The van der Waals surface area contributed by atoms with Crippen molar-refractivity contribution >= 4 is 28.6 Å². The zero-order valence-corrected chi connectivity index (χ0v) is 22.3. The maximum absolute atomic E-state index is 13.5. The van der Waals surface area contributed by atoms with E-state index in [2.05, 4.69) is 25.6 Å². The molecule has 0 aliphatic carbocycles. The van der Waals surface area contributed by atoms with Gasteiger partial charge in [-0.05, 0) is 34.9 Å². The van der Waals surface area contributed by atoms with Crippen molar-refractivity contribution in [2.24, 2.45) is 0 Å². The van der Waals surface area contributed by atoms with Crippen molar-refractivity contribution in [3.05, 3.63) is 101 Å². The molecule has 3 aromatic heterocycles. The Morgan fingerprint density at radius 2 is 1.70 bits per heavy atom. The first-order valence-corrected chi connectivity index (χ1v) is 12.9. The Balaban J connectivity index is 1.35. The fourth-order valence-corrected chi connectivity index (χ4v) is 4.49. The van der Waals surface area contributed by atoms with Crippen LogP contribution in [0, 0.1) is 11.6 Å². The monoisotopic (exact) mass is 597 g/mol. The van der Waals surface area contributed by atoms with Crippen molar-refractivity contribution in [1.82, 2.24) is 24.8 Å². The summed E-state index contributed by atoms with van der Waals surface area (Å²) in [5.74, 6) is -2.89. The molecule has 5 rings (SSSR count). The average molecular weight is 598 g/mol. The van der Waals surface area contributed by atoms with Gasteiger partial charge in [0.1, 0.15) is 23.6 Å². The fraction of sp³-hybridized carbons (Fsp3) is 0.172. The zero-order valence-electron chi connectivity index (χ0n) is 22.3. The van der Waals surface area contributed by atoms with Gasteiger partial charge in [-0.25, -0.2) is 23.7 Å². The molecule has 0 aliphatic rings. The number of aliphatic hydroxyl groups is 1. The standard InChI is InChI=1S/C29H24F5N7O2/c30-22-6-3-17(9-23(22)31)12-38-28(43)20-10-19(29(32,33)34)13-37-26(20)36-11-16-1-4-18(5-2-16)21-14-41(7-8-42)27-24(21)25(35)39-15-40-27/h1-6,9-10,13-15,42H,7-8,11-12H2,(H,36,37)(H,38,43)(H2,35,39,40). The third kappa shape index (κ3) is 6.38. The molecule has 9 nitrogen and oxygen atoms in total. The first kappa shape index (κ1) is 29.4. The van der Waals surface area contributed by atoms with Crippen LogP contribution in [-0.4, -0.2) is 37.1 Å². The lowest BCUT2D eigenvalue weighted by molar-refractivity contribution is -0.137. The molecule has 0 saturated heterocycles. The number of pyridine rings is 1. The van der Waals surface area contributed by atoms with Crippen molar-refractivity contribution in [1.29, 1.82) is 0 Å². The van der Waals surface area contributed by atoms with E-state index in [1.165, 1.54) is 12.4 Å². The Morgan fingerprint density at radius 3 is 2.40 bits per heavy atom. The highest BCUT2D eigenvalue weighted by Gasteiger charge is 2.32. The summed E-state index contributed by atoms with van der Waals surface area (Å²) in [7, 11) is 0. The van der Waals surface area contributed by atoms with Crippen LogP contribution < -0.4 is 16.4 Å². The number of benzene rings is 2. The maximum Gasteiger partial charge on any atom is 0.417 e. The minimum absolute atomic E-state index is 0.0967. The van der Waals surface area contributed by atoms with Gasteiger partial charge in [0.25, 0.3) is 5.91 Å². The Morgan fingerprint density at radius 1 is 0.953 bits per heavy atom. The van der Waals surface area contributed by atoms with Crippen LogP contribution in [0.1, 0.15) is 27.0 Å². The summed E-state index contributed by atoms with van der Waals surface area (Å²) in [6, 6.07) is 10.9. The number of carbonyl (C=O) groups excluding carboxylic acids is 1. The van der Waals surface area contributed by atoms with Crippen LogP contribution in [0.3, 0.4) is 0 Å². The van der Waals surface area contributed by atoms with Gasteiger partial charge in [-0.2, -0.15) is 13.2 Å². The second-order valence-electron chi connectivity index (χ2n) is 9.52. The molecule has 1 amide bonds. The molecule has 5 aromatic rings. The van der Waals surface area contributed by atoms with E-state index in [-0.39, 0.29) is 42.5 Å². The summed E-state index contributed by atoms with van der Waals surface area (Å²) in [4.78, 5) is 25.1. The lowest BCUT2D eigenvalue weighted by Crippen LogP contribution is -2.25. The minimum atomic E-state index is -4.74. The number of nitrogens with zero attached hydrogens (tertiary/aromatic N) is 4. The first-order valence-electron chi connectivity index (χ1n) is 12.9. The van der Waals surface area contributed by atoms with Gasteiger partial charge >= 0.3 is 6.18 Å². The molecular weight excluding hydrogens is 573 g/mol. The van der Waals surface area contributed by atoms with Crippen LogP contribution in [-0.2, 0) is 25.8 Å². The summed E-state index contributed by atoms with van der Waals surface area (Å²) >= 11 is 0. The molecule has 3 heterocycles. The molecule has 14 heteroatoms. The number of nitrogen functional groups attached to an aromatic ring is 1. The van der Waals surface area contributed by atoms with Crippen LogP contribution in [0.15, 0.2) is 67.3 Å². The minimum Gasteiger partial charge on any atom is -0.395 e. The molecule has 0 aliphatic heterocycles. The number of carbonyl (C=O) groups is 1. The number of fused-ring (bicyclic) bond motifs is 1. The number of anilines is 2. The van der Waals surface area contributed by atoms with Crippen LogP contribution in [0.25, 0.3) is 22.2 Å². The van der Waals surface area contributed by atoms with E-state index < -0.39 is 29.3 Å². The number of rotatable bonds is 9. The molecule has 0 atom stereocenters. The fourth-order valence-electron chi connectivity index (χ4n) is 4.49. The maximum atomic E-state index is 13.5. The van der Waals surface area contributed by atoms with Crippen molar-refractivity contribution in [2.75, 3.05) is 17.7 Å². The second kappa shape index (κ2) is 12.0. The molecule has 43 heavy (non-hydrogen) atoms. The molecule has 2 aromatic carbocycles. The number of aliphatic hydroxyl groups excluding tert-OH is 1. The number of nitrogens with one attached hydrogen (secondary N) is 2. The van der Waals surface area contributed by atoms with Gasteiger partial charge < -0.3 is 26.0 Å². The van der Waals surface area contributed by atoms with Crippen molar-refractivity contribution in [3.8, 4) is 11.1 Å². The van der Waals surface area contributed by atoms with E-state index in [9.17, 15) is 31.9 Å². The number of hydrogen-bond acceptors (Lipinski definition) is 7. The SMILES string of the molecule is Nc1ncnc2c1c(-c1ccc(CNc3ncc(C(F)(F)F)cc3C(=O)NCc3ccc(F)c(F)c3)cc1)cn2CCO. The van der Waals surface area contributed by atoms with Gasteiger partial charge in [-0.15, -0.1) is 0 Å².